The lowest BCUT2D eigenvalue weighted by Gasteiger charge is -2.34. The molecule has 0 saturated heterocycles. The Morgan fingerprint density at radius 3 is 2.92 bits per heavy atom. The van der Waals surface area contributed by atoms with Crippen LogP contribution in [0, 0.1) is 11.8 Å². The molecule has 1 aliphatic rings. The molecule has 0 bridgehead atoms. The maximum Gasteiger partial charge on any atom is 0.258 e. The van der Waals surface area contributed by atoms with E-state index < -0.39 is 0 Å². The van der Waals surface area contributed by atoms with Gasteiger partial charge in [0.1, 0.15) is 5.82 Å². The molecule has 25 heavy (non-hydrogen) atoms. The summed E-state index contributed by atoms with van der Waals surface area (Å²) in [4.78, 5) is 31.6. The molecule has 1 aromatic heterocycles. The monoisotopic (exact) mass is 341 g/mol. The molecule has 1 aliphatic carbocycles. The Bertz CT molecular complexity index is 799. The van der Waals surface area contributed by atoms with Crippen molar-refractivity contribution >= 4 is 16.8 Å². The summed E-state index contributed by atoms with van der Waals surface area (Å²) in [6, 6.07) is 7.61. The Morgan fingerprint density at radius 1 is 1.28 bits per heavy atom. The van der Waals surface area contributed by atoms with E-state index in [4.69, 9.17) is 0 Å². The molecule has 2 N–H and O–H groups in total. The van der Waals surface area contributed by atoms with Crippen molar-refractivity contribution in [3.63, 3.8) is 0 Å². The van der Waals surface area contributed by atoms with E-state index in [1.165, 1.54) is 12.8 Å². The number of carbonyl (C=O) groups is 1. The summed E-state index contributed by atoms with van der Waals surface area (Å²) in [6.45, 7) is 4.50. The molecule has 3 atom stereocenters. The summed E-state index contributed by atoms with van der Waals surface area (Å²) >= 11 is 0. The topological polar surface area (TPSA) is 74.8 Å². The first-order valence-corrected chi connectivity index (χ1v) is 9.32. The molecule has 0 radical (unpaired) electrons. The molecule has 1 amide bonds. The quantitative estimate of drug-likeness (QED) is 0.877. The molecule has 134 valence electrons. The summed E-state index contributed by atoms with van der Waals surface area (Å²) in [5.74, 6) is 1.97. The lowest BCUT2D eigenvalue weighted by Crippen LogP contribution is -2.43. The van der Waals surface area contributed by atoms with E-state index in [1.807, 2.05) is 18.2 Å². The Morgan fingerprint density at radius 2 is 2.08 bits per heavy atom. The van der Waals surface area contributed by atoms with Crippen LogP contribution in [0.1, 0.15) is 51.8 Å². The number of nitrogens with one attached hydrogen (secondary N) is 2. The molecule has 0 unspecified atom stereocenters. The number of aryl methyl sites for hydroxylation is 1. The van der Waals surface area contributed by atoms with Crippen LogP contribution in [-0.4, -0.2) is 21.9 Å². The fourth-order valence-corrected chi connectivity index (χ4v) is 3.73. The van der Waals surface area contributed by atoms with E-state index in [-0.39, 0.29) is 11.5 Å². The number of para-hydroxylation sites is 1. The van der Waals surface area contributed by atoms with Gasteiger partial charge in [0.15, 0.2) is 0 Å². The molecule has 5 heteroatoms. The Kier molecular flexibility index (Phi) is 5.51. The van der Waals surface area contributed by atoms with Crippen molar-refractivity contribution < 1.29 is 4.79 Å². The van der Waals surface area contributed by atoms with Crippen LogP contribution in [0.3, 0.4) is 0 Å². The number of hydrogen-bond acceptors (Lipinski definition) is 3. The molecule has 1 saturated carbocycles. The number of benzene rings is 1. The SMILES string of the molecule is C[C@@H]1[C@H](C)CCC[C@H]1NC(=O)CCCc1nc2ccccc2c(=O)[nH]1. The predicted molar refractivity (Wildman–Crippen MR) is 99.4 cm³/mol. The largest absolute Gasteiger partial charge is 0.353 e. The minimum absolute atomic E-state index is 0.106. The minimum Gasteiger partial charge on any atom is -0.353 e. The van der Waals surface area contributed by atoms with Gasteiger partial charge in [-0.3, -0.25) is 9.59 Å². The summed E-state index contributed by atoms with van der Waals surface area (Å²) < 4.78 is 0. The highest BCUT2D eigenvalue weighted by atomic mass is 16.1. The standard InChI is InChI=1S/C20H27N3O2/c1-13-7-5-10-16(14(13)2)22-19(24)12-6-11-18-21-17-9-4-3-8-15(17)20(25)23-18/h3-4,8-9,13-14,16H,5-7,10-12H2,1-2H3,(H,22,24)(H,21,23,25)/t13-,14-,16-/m1/s1. The van der Waals surface area contributed by atoms with Gasteiger partial charge in [-0.25, -0.2) is 4.98 Å². The van der Waals surface area contributed by atoms with Gasteiger partial charge in [-0.2, -0.15) is 0 Å². The first kappa shape index (κ1) is 17.6. The van der Waals surface area contributed by atoms with Crippen molar-refractivity contribution in [2.75, 3.05) is 0 Å². The number of aromatic amines is 1. The van der Waals surface area contributed by atoms with Crippen LogP contribution in [0.2, 0.25) is 0 Å². The van der Waals surface area contributed by atoms with Gasteiger partial charge in [-0.15, -0.1) is 0 Å². The molecular formula is C20H27N3O2. The zero-order valence-corrected chi connectivity index (χ0v) is 15.0. The van der Waals surface area contributed by atoms with Gasteiger partial charge in [-0.1, -0.05) is 38.8 Å². The molecule has 0 aliphatic heterocycles. The average Bonchev–Trinajstić information content (AvgIpc) is 2.59. The predicted octanol–water partition coefficient (Wildman–Crippen LogP) is 3.19. The fraction of sp³-hybridized carbons (Fsp3) is 0.550. The number of carbonyl (C=O) groups excluding carboxylic acids is 1. The Labute approximate surface area is 148 Å². The van der Waals surface area contributed by atoms with Crippen LogP contribution in [-0.2, 0) is 11.2 Å². The lowest BCUT2D eigenvalue weighted by molar-refractivity contribution is -0.122. The van der Waals surface area contributed by atoms with Gasteiger partial charge < -0.3 is 10.3 Å². The molecule has 2 aromatic rings. The van der Waals surface area contributed by atoms with Crippen molar-refractivity contribution in [2.45, 2.75) is 58.4 Å². The summed E-state index contributed by atoms with van der Waals surface area (Å²) in [6.07, 6.45) is 5.28. The molecule has 1 fully saturated rings. The maximum atomic E-state index is 12.2. The second-order valence-corrected chi connectivity index (χ2v) is 7.32. The highest BCUT2D eigenvalue weighted by molar-refractivity contribution is 5.77. The van der Waals surface area contributed by atoms with Gasteiger partial charge in [0.2, 0.25) is 5.91 Å². The minimum atomic E-state index is -0.116. The first-order chi connectivity index (χ1) is 12.0. The van der Waals surface area contributed by atoms with Crippen LogP contribution in [0.15, 0.2) is 29.1 Å². The third kappa shape index (κ3) is 4.27. The first-order valence-electron chi connectivity index (χ1n) is 9.32. The average molecular weight is 341 g/mol. The number of amides is 1. The number of hydrogen-bond donors (Lipinski definition) is 2. The van der Waals surface area contributed by atoms with Crippen molar-refractivity contribution in [1.82, 2.24) is 15.3 Å². The van der Waals surface area contributed by atoms with Crippen LogP contribution in [0.25, 0.3) is 10.9 Å². The lowest BCUT2D eigenvalue weighted by atomic mass is 9.78. The Balaban J connectivity index is 1.52. The van der Waals surface area contributed by atoms with Gasteiger partial charge in [0.25, 0.3) is 5.56 Å². The van der Waals surface area contributed by atoms with Crippen molar-refractivity contribution in [2.24, 2.45) is 11.8 Å². The van der Waals surface area contributed by atoms with Crippen molar-refractivity contribution in [1.29, 1.82) is 0 Å². The van der Waals surface area contributed by atoms with E-state index in [1.54, 1.807) is 6.07 Å². The Hall–Kier alpha value is -2.17. The second kappa shape index (κ2) is 7.81. The molecule has 0 spiro atoms. The number of H-pyrrole nitrogens is 1. The smallest absolute Gasteiger partial charge is 0.258 e. The number of nitrogens with zero attached hydrogens (tertiary/aromatic N) is 1. The van der Waals surface area contributed by atoms with E-state index >= 15 is 0 Å². The number of rotatable bonds is 5. The van der Waals surface area contributed by atoms with E-state index in [0.717, 1.165) is 6.42 Å². The number of fused-ring (bicyclic) bond motifs is 1. The third-order valence-corrected chi connectivity index (χ3v) is 5.53. The van der Waals surface area contributed by atoms with Crippen LogP contribution < -0.4 is 10.9 Å². The van der Waals surface area contributed by atoms with Gasteiger partial charge in [0.05, 0.1) is 10.9 Å². The van der Waals surface area contributed by atoms with E-state index in [9.17, 15) is 9.59 Å². The zero-order chi connectivity index (χ0) is 17.8. The number of aromatic nitrogens is 2. The van der Waals surface area contributed by atoms with Crippen LogP contribution >= 0.6 is 0 Å². The highest BCUT2D eigenvalue weighted by Gasteiger charge is 2.27. The normalized spacial score (nSPS) is 23.5. The molecule has 1 heterocycles. The summed E-state index contributed by atoms with van der Waals surface area (Å²) in [5, 5.41) is 3.80. The molecule has 1 aromatic carbocycles. The molecular weight excluding hydrogens is 314 g/mol. The summed E-state index contributed by atoms with van der Waals surface area (Å²) in [7, 11) is 0. The van der Waals surface area contributed by atoms with Gasteiger partial charge in [0, 0.05) is 18.9 Å². The van der Waals surface area contributed by atoms with Crippen LogP contribution in [0.5, 0.6) is 0 Å². The van der Waals surface area contributed by atoms with E-state index in [0.29, 0.717) is 53.9 Å². The van der Waals surface area contributed by atoms with Gasteiger partial charge >= 0.3 is 0 Å². The van der Waals surface area contributed by atoms with Crippen molar-refractivity contribution in [3.8, 4) is 0 Å². The van der Waals surface area contributed by atoms with Crippen LogP contribution in [0.4, 0.5) is 0 Å². The van der Waals surface area contributed by atoms with Gasteiger partial charge in [-0.05, 0) is 36.8 Å². The second-order valence-electron chi connectivity index (χ2n) is 7.32. The van der Waals surface area contributed by atoms with E-state index in [2.05, 4.69) is 29.1 Å². The van der Waals surface area contributed by atoms with Crippen molar-refractivity contribution in [3.05, 3.63) is 40.4 Å². The highest BCUT2D eigenvalue weighted by Crippen LogP contribution is 2.29. The summed E-state index contributed by atoms with van der Waals surface area (Å²) in [5.41, 5.74) is 0.589. The maximum absolute atomic E-state index is 12.2. The fourth-order valence-electron chi connectivity index (χ4n) is 3.73. The molecule has 5 nitrogen and oxygen atoms in total. The zero-order valence-electron chi connectivity index (χ0n) is 15.0. The molecule has 3 rings (SSSR count). The third-order valence-electron chi connectivity index (χ3n) is 5.53.